The van der Waals surface area contributed by atoms with Crippen LogP contribution in [-0.4, -0.2) is 4.98 Å². The fourth-order valence-electron chi connectivity index (χ4n) is 3.90. The summed E-state index contributed by atoms with van der Waals surface area (Å²) in [5, 5.41) is 3.78. The van der Waals surface area contributed by atoms with Crippen molar-refractivity contribution >= 4 is 16.5 Å². The third kappa shape index (κ3) is 4.97. The van der Waals surface area contributed by atoms with Gasteiger partial charge in [-0.2, -0.15) is 13.2 Å². The number of rotatable bonds is 6. The van der Waals surface area contributed by atoms with E-state index in [9.17, 15) is 22.0 Å². The molecule has 0 saturated heterocycles. The number of hydrogen-bond acceptors (Lipinski definition) is 3. The van der Waals surface area contributed by atoms with Crippen LogP contribution in [0, 0.1) is 25.5 Å². The van der Waals surface area contributed by atoms with Crippen LogP contribution in [0.4, 0.5) is 27.1 Å². The van der Waals surface area contributed by atoms with Crippen molar-refractivity contribution < 1.29 is 22.0 Å². The first-order valence-corrected chi connectivity index (χ1v) is 11.3. The molecule has 4 aromatic rings. The van der Waals surface area contributed by atoms with Gasteiger partial charge in [-0.25, -0.2) is 13.8 Å². The molecule has 0 amide bonds. The van der Waals surface area contributed by atoms with E-state index in [0.717, 1.165) is 28.3 Å². The molecule has 0 aliphatic rings. The van der Waals surface area contributed by atoms with Gasteiger partial charge in [0, 0.05) is 11.3 Å². The predicted molar refractivity (Wildman–Crippen MR) is 124 cm³/mol. The zero-order valence-corrected chi connectivity index (χ0v) is 19.2. The van der Waals surface area contributed by atoms with Crippen molar-refractivity contribution in [2.24, 2.45) is 0 Å². The van der Waals surface area contributed by atoms with E-state index in [0.29, 0.717) is 16.8 Å². The smallest absolute Gasteiger partial charge is 0.348 e. The molecule has 176 valence electrons. The number of halogens is 5. The van der Waals surface area contributed by atoms with Crippen molar-refractivity contribution in [2.45, 2.75) is 32.0 Å². The van der Waals surface area contributed by atoms with Gasteiger partial charge in [0.05, 0.1) is 16.8 Å². The highest BCUT2D eigenvalue weighted by Gasteiger charge is 2.39. The van der Waals surface area contributed by atoms with Gasteiger partial charge >= 0.3 is 6.18 Å². The Labute approximate surface area is 198 Å². The summed E-state index contributed by atoms with van der Waals surface area (Å²) in [6, 6.07) is 17.1. The molecule has 8 heteroatoms. The maximum Gasteiger partial charge on any atom is 0.416 e. The molecule has 0 unspecified atom stereocenters. The average Bonchev–Trinajstić information content (AvgIpc) is 3.10. The van der Waals surface area contributed by atoms with E-state index in [1.165, 1.54) is 35.6 Å². The van der Waals surface area contributed by atoms with E-state index < -0.39 is 28.9 Å². The Bertz CT molecular complexity index is 1260. The molecule has 3 aromatic carbocycles. The molecule has 0 saturated carbocycles. The summed E-state index contributed by atoms with van der Waals surface area (Å²) in [5.41, 5.74) is -0.371. The van der Waals surface area contributed by atoms with E-state index in [1.54, 1.807) is 0 Å². The normalized spacial score (nSPS) is 13.5. The largest absolute Gasteiger partial charge is 0.416 e. The Kier molecular flexibility index (Phi) is 6.45. The highest BCUT2D eigenvalue weighted by atomic mass is 32.1. The molecular formula is C26H21F5N2S. The lowest BCUT2D eigenvalue weighted by molar-refractivity contribution is -0.137. The first-order chi connectivity index (χ1) is 16.1. The van der Waals surface area contributed by atoms with Crippen LogP contribution in [0.1, 0.15) is 32.8 Å². The molecule has 2 nitrogen and oxygen atoms in total. The number of nitrogens with zero attached hydrogens (tertiary/aromatic N) is 1. The fraction of sp³-hybridized carbons (Fsp3) is 0.192. The summed E-state index contributed by atoms with van der Waals surface area (Å²) in [6.45, 7) is 3.72. The van der Waals surface area contributed by atoms with E-state index in [1.807, 2.05) is 44.2 Å². The monoisotopic (exact) mass is 488 g/mol. The summed E-state index contributed by atoms with van der Waals surface area (Å²) in [7, 11) is 0. The van der Waals surface area contributed by atoms with Crippen LogP contribution in [0.5, 0.6) is 0 Å². The van der Waals surface area contributed by atoms with Gasteiger partial charge in [-0.15, -0.1) is 11.3 Å². The summed E-state index contributed by atoms with van der Waals surface area (Å²) in [6.07, 6.45) is -4.58. The van der Waals surface area contributed by atoms with Crippen molar-refractivity contribution in [3.8, 4) is 0 Å². The second-order valence-electron chi connectivity index (χ2n) is 8.09. The van der Waals surface area contributed by atoms with Crippen molar-refractivity contribution in [2.75, 3.05) is 5.32 Å². The standard InChI is InChI=1S/C26H21F5N2S/c1-16-17(2)34-24(32-16)33-25(15-18-6-4-3-5-7-18,19-8-10-22(27)11-9-19)20-12-21(26(29,30)31)14-23(28)13-20/h3-14H,15H2,1-2H3,(H,32,33)/t25-/m0/s1. The van der Waals surface area contributed by atoms with Crippen molar-refractivity contribution in [3.63, 3.8) is 0 Å². The third-order valence-electron chi connectivity index (χ3n) is 5.72. The number of anilines is 1. The summed E-state index contributed by atoms with van der Waals surface area (Å²) in [4.78, 5) is 5.45. The van der Waals surface area contributed by atoms with Gasteiger partial charge in [0.1, 0.15) is 11.6 Å². The van der Waals surface area contributed by atoms with Gasteiger partial charge in [0.25, 0.3) is 0 Å². The van der Waals surface area contributed by atoms with Crippen LogP contribution in [0.2, 0.25) is 0 Å². The van der Waals surface area contributed by atoms with Crippen LogP contribution in [0.15, 0.2) is 72.8 Å². The highest BCUT2D eigenvalue weighted by Crippen LogP contribution is 2.41. The third-order valence-corrected chi connectivity index (χ3v) is 6.70. The lowest BCUT2D eigenvalue weighted by Crippen LogP contribution is -2.39. The minimum atomic E-state index is -4.74. The number of hydrogen-bond donors (Lipinski definition) is 1. The van der Waals surface area contributed by atoms with E-state index >= 15 is 0 Å². The second-order valence-corrected chi connectivity index (χ2v) is 9.29. The summed E-state index contributed by atoms with van der Waals surface area (Å²) < 4.78 is 69.4. The molecule has 1 N–H and O–H groups in total. The van der Waals surface area contributed by atoms with Crippen molar-refractivity contribution in [1.29, 1.82) is 0 Å². The van der Waals surface area contributed by atoms with Gasteiger partial charge in [-0.05, 0) is 60.9 Å². The van der Waals surface area contributed by atoms with Crippen LogP contribution >= 0.6 is 11.3 Å². The molecule has 0 spiro atoms. The number of thiazole rings is 1. The number of nitrogens with one attached hydrogen (secondary N) is 1. The predicted octanol–water partition coefficient (Wildman–Crippen LogP) is 7.66. The molecule has 0 aliphatic heterocycles. The molecule has 34 heavy (non-hydrogen) atoms. The second kappa shape index (κ2) is 9.18. The first-order valence-electron chi connectivity index (χ1n) is 10.5. The molecule has 0 radical (unpaired) electrons. The highest BCUT2D eigenvalue weighted by molar-refractivity contribution is 7.15. The number of benzene rings is 3. The number of alkyl halides is 3. The van der Waals surface area contributed by atoms with Crippen LogP contribution in [-0.2, 0) is 18.1 Å². The zero-order chi connectivity index (χ0) is 24.5. The molecular weight excluding hydrogens is 467 g/mol. The van der Waals surface area contributed by atoms with Crippen LogP contribution in [0.3, 0.4) is 0 Å². The van der Waals surface area contributed by atoms with E-state index in [4.69, 9.17) is 0 Å². The minimum absolute atomic E-state index is 0.0563. The number of aryl methyl sites for hydroxylation is 2. The Morgan fingerprint density at radius 3 is 2.03 bits per heavy atom. The SMILES string of the molecule is Cc1nc(N[C@@](Cc2ccccc2)(c2ccc(F)cc2)c2cc(F)cc(C(F)(F)F)c2)sc1C. The molecule has 0 fully saturated rings. The fourth-order valence-corrected chi connectivity index (χ4v) is 4.80. The molecule has 1 aromatic heterocycles. The maximum absolute atomic E-state index is 14.6. The van der Waals surface area contributed by atoms with E-state index in [2.05, 4.69) is 10.3 Å². The van der Waals surface area contributed by atoms with Gasteiger partial charge in [-0.3, -0.25) is 0 Å². The van der Waals surface area contributed by atoms with Crippen molar-refractivity contribution in [1.82, 2.24) is 4.98 Å². The number of aromatic nitrogens is 1. The van der Waals surface area contributed by atoms with Crippen LogP contribution < -0.4 is 5.32 Å². The van der Waals surface area contributed by atoms with Crippen molar-refractivity contribution in [3.05, 3.63) is 117 Å². The molecule has 1 atom stereocenters. The lowest BCUT2D eigenvalue weighted by Gasteiger charge is -2.37. The Morgan fingerprint density at radius 2 is 1.44 bits per heavy atom. The van der Waals surface area contributed by atoms with Gasteiger partial charge in [-0.1, -0.05) is 42.5 Å². The van der Waals surface area contributed by atoms with Gasteiger partial charge in [0.2, 0.25) is 0 Å². The quantitative estimate of drug-likeness (QED) is 0.282. The Hall–Kier alpha value is -3.26. The first kappa shape index (κ1) is 23.9. The molecule has 0 bridgehead atoms. The summed E-state index contributed by atoms with van der Waals surface area (Å²) in [5.74, 6) is -1.51. The lowest BCUT2D eigenvalue weighted by atomic mass is 9.77. The van der Waals surface area contributed by atoms with Crippen LogP contribution in [0.25, 0.3) is 0 Å². The average molecular weight is 489 g/mol. The van der Waals surface area contributed by atoms with Gasteiger partial charge in [0.15, 0.2) is 5.13 Å². The molecule has 4 rings (SSSR count). The molecule has 0 aliphatic carbocycles. The maximum atomic E-state index is 14.6. The summed E-state index contributed by atoms with van der Waals surface area (Å²) >= 11 is 1.35. The molecule has 1 heterocycles. The topological polar surface area (TPSA) is 24.9 Å². The minimum Gasteiger partial charge on any atom is -0.348 e. The van der Waals surface area contributed by atoms with E-state index in [-0.39, 0.29) is 12.0 Å². The Balaban J connectivity index is 2.01. The Morgan fingerprint density at radius 1 is 0.794 bits per heavy atom. The zero-order valence-electron chi connectivity index (χ0n) is 18.4. The van der Waals surface area contributed by atoms with Gasteiger partial charge < -0.3 is 5.32 Å².